The van der Waals surface area contributed by atoms with Crippen LogP contribution in [-0.4, -0.2) is 59.4 Å². The van der Waals surface area contributed by atoms with Crippen molar-refractivity contribution in [3.63, 3.8) is 0 Å². The second kappa shape index (κ2) is 10.9. The van der Waals surface area contributed by atoms with E-state index in [1.54, 1.807) is 0 Å². The number of aliphatic imine (C=N–C) groups is 1. The van der Waals surface area contributed by atoms with Gasteiger partial charge in [0.2, 0.25) is 0 Å². The predicted molar refractivity (Wildman–Crippen MR) is 111 cm³/mol. The molecule has 1 saturated heterocycles. The molecule has 7 heteroatoms. The van der Waals surface area contributed by atoms with Crippen molar-refractivity contribution in [2.45, 2.75) is 52.2 Å². The van der Waals surface area contributed by atoms with Crippen LogP contribution >= 0.6 is 24.0 Å². The first-order chi connectivity index (χ1) is 11.1. The van der Waals surface area contributed by atoms with E-state index in [1.165, 1.54) is 25.9 Å². The van der Waals surface area contributed by atoms with Gasteiger partial charge in [0.1, 0.15) is 0 Å². The Morgan fingerprint density at radius 2 is 2.00 bits per heavy atom. The number of piperidine rings is 1. The molecule has 0 aromatic carbocycles. The van der Waals surface area contributed by atoms with Crippen molar-refractivity contribution >= 4 is 29.9 Å². The van der Waals surface area contributed by atoms with Gasteiger partial charge in [-0.3, -0.25) is 9.67 Å². The van der Waals surface area contributed by atoms with Crippen molar-refractivity contribution < 1.29 is 0 Å². The Morgan fingerprint density at radius 3 is 2.54 bits per heavy atom. The van der Waals surface area contributed by atoms with Crippen LogP contribution < -0.4 is 10.6 Å². The molecule has 24 heavy (non-hydrogen) atoms. The number of likely N-dealkylation sites (tertiary alicyclic amines) is 1. The summed E-state index contributed by atoms with van der Waals surface area (Å²) in [4.78, 5) is 6.91. The van der Waals surface area contributed by atoms with E-state index >= 15 is 0 Å². The molecule has 0 spiro atoms. The number of nitrogens with zero attached hydrogens (tertiary/aromatic N) is 4. The zero-order valence-electron chi connectivity index (χ0n) is 15.4. The summed E-state index contributed by atoms with van der Waals surface area (Å²) < 4.78 is 1.98. The van der Waals surface area contributed by atoms with Gasteiger partial charge in [-0.1, -0.05) is 6.92 Å². The third-order valence-electron chi connectivity index (χ3n) is 4.50. The van der Waals surface area contributed by atoms with Gasteiger partial charge in [-0.25, -0.2) is 0 Å². The van der Waals surface area contributed by atoms with Crippen LogP contribution in [0.1, 0.15) is 33.6 Å². The smallest absolute Gasteiger partial charge is 0.191 e. The minimum Gasteiger partial charge on any atom is -0.356 e. The van der Waals surface area contributed by atoms with Crippen LogP contribution in [0.2, 0.25) is 0 Å². The number of halogens is 1. The number of hydrogen-bond donors (Lipinski definition) is 2. The van der Waals surface area contributed by atoms with Crippen LogP contribution in [0, 0.1) is 5.92 Å². The van der Waals surface area contributed by atoms with Crippen LogP contribution in [0.3, 0.4) is 0 Å². The molecule has 0 bridgehead atoms. The Hall–Kier alpha value is -0.830. The van der Waals surface area contributed by atoms with Crippen molar-refractivity contribution in [3.05, 3.63) is 18.5 Å². The van der Waals surface area contributed by atoms with Gasteiger partial charge >= 0.3 is 0 Å². The van der Waals surface area contributed by atoms with E-state index in [1.807, 2.05) is 30.2 Å². The molecule has 138 valence electrons. The topological polar surface area (TPSA) is 57.5 Å². The summed E-state index contributed by atoms with van der Waals surface area (Å²) in [6.45, 7) is 10.9. The average molecular weight is 448 g/mol. The van der Waals surface area contributed by atoms with Crippen molar-refractivity contribution in [2.75, 3.05) is 26.7 Å². The first kappa shape index (κ1) is 21.2. The number of rotatable bonds is 6. The summed E-state index contributed by atoms with van der Waals surface area (Å²) in [5, 5.41) is 11.3. The quantitative estimate of drug-likeness (QED) is 0.398. The molecule has 1 fully saturated rings. The third-order valence-corrected chi connectivity index (χ3v) is 4.50. The second-order valence-electron chi connectivity index (χ2n) is 6.83. The molecule has 0 radical (unpaired) electrons. The van der Waals surface area contributed by atoms with Gasteiger partial charge in [0.05, 0.1) is 0 Å². The van der Waals surface area contributed by atoms with Gasteiger partial charge < -0.3 is 15.5 Å². The van der Waals surface area contributed by atoms with E-state index in [9.17, 15) is 0 Å². The van der Waals surface area contributed by atoms with Crippen LogP contribution in [0.25, 0.3) is 0 Å². The van der Waals surface area contributed by atoms with E-state index < -0.39 is 0 Å². The lowest BCUT2D eigenvalue weighted by Gasteiger charge is -2.35. The lowest BCUT2D eigenvalue weighted by Crippen LogP contribution is -2.50. The van der Waals surface area contributed by atoms with Crippen molar-refractivity contribution in [1.82, 2.24) is 25.3 Å². The second-order valence-corrected chi connectivity index (χ2v) is 6.83. The van der Waals surface area contributed by atoms with E-state index in [2.05, 4.69) is 46.4 Å². The fourth-order valence-corrected chi connectivity index (χ4v) is 3.01. The zero-order valence-corrected chi connectivity index (χ0v) is 17.7. The minimum absolute atomic E-state index is 0. The first-order valence-corrected chi connectivity index (χ1v) is 8.77. The Balaban J connectivity index is 0.00000288. The average Bonchev–Trinajstić information content (AvgIpc) is 3.04. The molecule has 2 rings (SSSR count). The molecule has 1 aliphatic rings. The molecule has 0 saturated carbocycles. The van der Waals surface area contributed by atoms with Crippen molar-refractivity contribution in [1.29, 1.82) is 0 Å². The number of aromatic nitrogens is 2. The molecule has 1 atom stereocenters. The lowest BCUT2D eigenvalue weighted by atomic mass is 10.0. The summed E-state index contributed by atoms with van der Waals surface area (Å²) in [6, 6.07) is 3.14. The van der Waals surface area contributed by atoms with E-state index in [-0.39, 0.29) is 24.0 Å². The largest absolute Gasteiger partial charge is 0.356 e. The molecule has 2 N–H and O–H groups in total. The normalized spacial score (nSPS) is 18.3. The predicted octanol–water partition coefficient (Wildman–Crippen LogP) is 2.17. The van der Waals surface area contributed by atoms with Gasteiger partial charge in [-0.15, -0.1) is 24.0 Å². The summed E-state index contributed by atoms with van der Waals surface area (Å²) in [5.74, 6) is 1.41. The van der Waals surface area contributed by atoms with E-state index in [4.69, 9.17) is 0 Å². The number of nitrogens with one attached hydrogen (secondary N) is 2. The maximum atomic E-state index is 4.36. The van der Waals surface area contributed by atoms with Crippen LogP contribution in [-0.2, 0) is 6.54 Å². The van der Waals surface area contributed by atoms with Gasteiger partial charge in [0, 0.05) is 57.7 Å². The van der Waals surface area contributed by atoms with E-state index in [0.717, 1.165) is 19.0 Å². The molecule has 1 aromatic rings. The Kier molecular flexibility index (Phi) is 9.65. The maximum Gasteiger partial charge on any atom is 0.191 e. The Bertz CT molecular complexity index is 465. The van der Waals surface area contributed by atoms with Gasteiger partial charge in [-0.2, -0.15) is 5.10 Å². The standard InChI is InChI=1S/C17H32N6.HI/c1-14(2)22-10-6-16(7-11-22)21-17(18-4)19-12-15(3)13-23-9-5-8-20-23;/h5,8-9,14-16H,6-7,10-13H2,1-4H3,(H2,18,19,21);1H. The van der Waals surface area contributed by atoms with Crippen LogP contribution in [0.15, 0.2) is 23.5 Å². The van der Waals surface area contributed by atoms with Crippen molar-refractivity contribution in [2.24, 2.45) is 10.9 Å². The lowest BCUT2D eigenvalue weighted by molar-refractivity contribution is 0.167. The first-order valence-electron chi connectivity index (χ1n) is 8.77. The third kappa shape index (κ3) is 6.96. The molecular formula is C17H33IN6. The molecule has 0 aliphatic carbocycles. The van der Waals surface area contributed by atoms with Crippen LogP contribution in [0.4, 0.5) is 0 Å². The Morgan fingerprint density at radius 1 is 1.29 bits per heavy atom. The molecule has 6 nitrogen and oxygen atoms in total. The molecule has 1 aliphatic heterocycles. The van der Waals surface area contributed by atoms with Gasteiger partial charge in [-0.05, 0) is 38.7 Å². The minimum atomic E-state index is 0. The van der Waals surface area contributed by atoms with Crippen molar-refractivity contribution in [3.8, 4) is 0 Å². The summed E-state index contributed by atoms with van der Waals surface area (Å²) >= 11 is 0. The highest BCUT2D eigenvalue weighted by molar-refractivity contribution is 14.0. The van der Waals surface area contributed by atoms with E-state index in [0.29, 0.717) is 18.0 Å². The summed E-state index contributed by atoms with van der Waals surface area (Å²) in [7, 11) is 1.84. The number of guanidine groups is 1. The summed E-state index contributed by atoms with van der Waals surface area (Å²) in [6.07, 6.45) is 6.19. The highest BCUT2D eigenvalue weighted by Gasteiger charge is 2.21. The fourth-order valence-electron chi connectivity index (χ4n) is 3.01. The molecule has 2 heterocycles. The molecule has 0 amide bonds. The number of hydrogen-bond acceptors (Lipinski definition) is 3. The highest BCUT2D eigenvalue weighted by Crippen LogP contribution is 2.12. The summed E-state index contributed by atoms with van der Waals surface area (Å²) in [5.41, 5.74) is 0. The monoisotopic (exact) mass is 448 g/mol. The molecule has 1 aromatic heterocycles. The molecule has 1 unspecified atom stereocenters. The SMILES string of the molecule is CN=C(NCC(C)Cn1cccn1)NC1CCN(C(C)C)CC1.I. The van der Waals surface area contributed by atoms with Crippen LogP contribution in [0.5, 0.6) is 0 Å². The Labute approximate surface area is 163 Å². The van der Waals surface area contributed by atoms with Gasteiger partial charge in [0.15, 0.2) is 5.96 Å². The fraction of sp³-hybridized carbons (Fsp3) is 0.765. The highest BCUT2D eigenvalue weighted by atomic mass is 127. The zero-order chi connectivity index (χ0) is 16.7. The maximum absolute atomic E-state index is 4.36. The van der Waals surface area contributed by atoms with Gasteiger partial charge in [0.25, 0.3) is 0 Å². The molecular weight excluding hydrogens is 415 g/mol.